The van der Waals surface area contributed by atoms with Gasteiger partial charge in [0, 0.05) is 71.3 Å². The van der Waals surface area contributed by atoms with Gasteiger partial charge in [0.25, 0.3) is 5.91 Å². The molecule has 1 aromatic carbocycles. The van der Waals surface area contributed by atoms with Crippen LogP contribution in [-0.2, 0) is 11.8 Å². The van der Waals surface area contributed by atoms with Crippen molar-refractivity contribution in [1.29, 1.82) is 0 Å². The van der Waals surface area contributed by atoms with Gasteiger partial charge in [-0.05, 0) is 38.2 Å². The van der Waals surface area contributed by atoms with E-state index < -0.39 is 0 Å². The topological polar surface area (TPSA) is 70.9 Å². The highest BCUT2D eigenvalue weighted by molar-refractivity contribution is 5.95. The van der Waals surface area contributed by atoms with Crippen LogP contribution in [0.25, 0.3) is 0 Å². The molecule has 0 N–H and O–H groups in total. The van der Waals surface area contributed by atoms with Crippen molar-refractivity contribution >= 4 is 11.8 Å². The number of amides is 2. The van der Waals surface area contributed by atoms with Crippen LogP contribution in [0.15, 0.2) is 30.5 Å². The normalized spacial score (nSPS) is 21.8. The molecule has 2 amide bonds. The zero-order valence-electron chi connectivity index (χ0n) is 19.5. The van der Waals surface area contributed by atoms with E-state index in [-0.39, 0.29) is 29.7 Å². The molecule has 2 fully saturated rings. The van der Waals surface area contributed by atoms with Gasteiger partial charge in [0.15, 0.2) is 0 Å². The van der Waals surface area contributed by atoms with Crippen molar-refractivity contribution in [3.8, 4) is 5.75 Å². The summed E-state index contributed by atoms with van der Waals surface area (Å²) in [6.07, 6.45) is 2.42. The Kier molecular flexibility index (Phi) is 6.97. The fourth-order valence-corrected chi connectivity index (χ4v) is 4.62. The van der Waals surface area contributed by atoms with Crippen LogP contribution in [0.5, 0.6) is 5.75 Å². The molecule has 0 aliphatic carbocycles. The summed E-state index contributed by atoms with van der Waals surface area (Å²) in [7, 11) is 3.85. The third-order valence-corrected chi connectivity index (χ3v) is 6.59. The van der Waals surface area contributed by atoms with Crippen molar-refractivity contribution in [2.45, 2.75) is 25.9 Å². The Hall–Kier alpha value is -2.94. The van der Waals surface area contributed by atoms with E-state index in [4.69, 9.17) is 4.74 Å². The van der Waals surface area contributed by atoms with Crippen molar-refractivity contribution in [2.75, 3.05) is 46.3 Å². The largest absolute Gasteiger partial charge is 0.490 e. The van der Waals surface area contributed by atoms with Gasteiger partial charge < -0.3 is 19.4 Å². The SMILES string of the molecule is Cc1nn(C)cc1C(=O)N1CC[C@H](Oc2ccc(F)cc2)[C@@H](CC(=O)N2CCN(C)CC2)C1. The molecule has 1 aromatic heterocycles. The van der Waals surface area contributed by atoms with Crippen LogP contribution in [0.4, 0.5) is 4.39 Å². The molecule has 0 unspecified atom stereocenters. The number of halogens is 1. The van der Waals surface area contributed by atoms with E-state index in [9.17, 15) is 14.0 Å². The molecule has 3 heterocycles. The Balaban J connectivity index is 1.49. The van der Waals surface area contributed by atoms with Crippen molar-refractivity contribution in [2.24, 2.45) is 13.0 Å². The fourth-order valence-electron chi connectivity index (χ4n) is 4.62. The van der Waals surface area contributed by atoms with Crippen LogP contribution in [-0.4, -0.2) is 88.7 Å². The number of benzene rings is 1. The zero-order valence-corrected chi connectivity index (χ0v) is 19.5. The Morgan fingerprint density at radius 1 is 1.06 bits per heavy atom. The predicted molar refractivity (Wildman–Crippen MR) is 121 cm³/mol. The number of nitrogens with zero attached hydrogens (tertiary/aromatic N) is 5. The summed E-state index contributed by atoms with van der Waals surface area (Å²) in [4.78, 5) is 32.2. The predicted octanol–water partition coefficient (Wildman–Crippen LogP) is 1.94. The summed E-state index contributed by atoms with van der Waals surface area (Å²) in [5.74, 6) is 0.111. The van der Waals surface area contributed by atoms with E-state index in [1.165, 1.54) is 12.1 Å². The van der Waals surface area contributed by atoms with Gasteiger partial charge in [0.1, 0.15) is 17.7 Å². The number of hydrogen-bond donors (Lipinski definition) is 0. The molecule has 2 atom stereocenters. The number of carbonyl (C=O) groups is 2. The number of piperidine rings is 1. The van der Waals surface area contributed by atoms with E-state index >= 15 is 0 Å². The van der Waals surface area contributed by atoms with Gasteiger partial charge in [-0.15, -0.1) is 0 Å². The molecule has 9 heteroatoms. The lowest BCUT2D eigenvalue weighted by Gasteiger charge is -2.40. The molecular weight excluding hydrogens is 425 g/mol. The Morgan fingerprint density at radius 3 is 2.39 bits per heavy atom. The molecule has 2 aromatic rings. The maximum Gasteiger partial charge on any atom is 0.257 e. The van der Waals surface area contributed by atoms with Crippen LogP contribution in [0.1, 0.15) is 28.9 Å². The molecule has 178 valence electrons. The minimum absolute atomic E-state index is 0.0714. The molecular formula is C24H32FN5O3. The van der Waals surface area contributed by atoms with Crippen LogP contribution in [0, 0.1) is 18.7 Å². The van der Waals surface area contributed by atoms with Crippen LogP contribution >= 0.6 is 0 Å². The average Bonchev–Trinajstić information content (AvgIpc) is 3.14. The van der Waals surface area contributed by atoms with Gasteiger partial charge in [-0.25, -0.2) is 4.39 Å². The number of likely N-dealkylation sites (N-methyl/N-ethyl adjacent to an activating group) is 1. The molecule has 0 radical (unpaired) electrons. The molecule has 8 nitrogen and oxygen atoms in total. The number of aryl methyl sites for hydroxylation is 2. The van der Waals surface area contributed by atoms with Crippen molar-refractivity contribution in [3.05, 3.63) is 47.5 Å². The van der Waals surface area contributed by atoms with Crippen LogP contribution in [0.3, 0.4) is 0 Å². The Bertz CT molecular complexity index is 984. The maximum atomic E-state index is 13.3. The van der Waals surface area contributed by atoms with Crippen molar-refractivity contribution < 1.29 is 18.7 Å². The fraction of sp³-hybridized carbons (Fsp3) is 0.542. The quantitative estimate of drug-likeness (QED) is 0.686. The number of rotatable bonds is 5. The second-order valence-corrected chi connectivity index (χ2v) is 9.10. The van der Waals surface area contributed by atoms with Gasteiger partial charge in [-0.2, -0.15) is 5.10 Å². The second-order valence-electron chi connectivity index (χ2n) is 9.10. The third-order valence-electron chi connectivity index (χ3n) is 6.59. The summed E-state index contributed by atoms with van der Waals surface area (Å²) < 4.78 is 21.2. The highest BCUT2D eigenvalue weighted by Gasteiger charge is 2.36. The smallest absolute Gasteiger partial charge is 0.257 e. The first-order valence-electron chi connectivity index (χ1n) is 11.5. The molecule has 2 saturated heterocycles. The number of carbonyl (C=O) groups excluding carboxylic acids is 2. The maximum absolute atomic E-state index is 13.3. The van der Waals surface area contributed by atoms with Gasteiger partial charge >= 0.3 is 0 Å². The van der Waals surface area contributed by atoms with E-state index in [0.29, 0.717) is 56.0 Å². The van der Waals surface area contributed by atoms with Crippen LogP contribution in [0.2, 0.25) is 0 Å². The zero-order chi connectivity index (χ0) is 23.5. The first kappa shape index (κ1) is 23.2. The van der Waals surface area contributed by atoms with Gasteiger partial charge in [-0.1, -0.05) is 0 Å². The van der Waals surface area contributed by atoms with E-state index in [1.54, 1.807) is 35.0 Å². The molecule has 4 rings (SSSR count). The number of ether oxygens (including phenoxy) is 1. The Morgan fingerprint density at radius 2 is 1.76 bits per heavy atom. The van der Waals surface area contributed by atoms with Crippen molar-refractivity contribution in [3.63, 3.8) is 0 Å². The lowest BCUT2D eigenvalue weighted by molar-refractivity contribution is -0.135. The summed E-state index contributed by atoms with van der Waals surface area (Å²) in [6.45, 7) is 5.92. The lowest BCUT2D eigenvalue weighted by Crippen LogP contribution is -2.51. The number of hydrogen-bond acceptors (Lipinski definition) is 5. The first-order chi connectivity index (χ1) is 15.8. The summed E-state index contributed by atoms with van der Waals surface area (Å²) in [5.41, 5.74) is 1.27. The highest BCUT2D eigenvalue weighted by atomic mass is 19.1. The molecule has 2 aliphatic rings. The monoisotopic (exact) mass is 457 g/mol. The summed E-state index contributed by atoms with van der Waals surface area (Å²) in [6, 6.07) is 5.93. The van der Waals surface area contributed by atoms with Crippen LogP contribution < -0.4 is 4.74 Å². The standard InChI is InChI=1S/C24H32FN5O3/c1-17-21(16-28(3)26-17)24(32)30-9-8-22(33-20-6-4-19(25)5-7-20)18(15-30)14-23(31)29-12-10-27(2)11-13-29/h4-7,16,18,22H,8-15H2,1-3H3/t18-,22-/m0/s1. The number of aromatic nitrogens is 2. The highest BCUT2D eigenvalue weighted by Crippen LogP contribution is 2.28. The summed E-state index contributed by atoms with van der Waals surface area (Å²) in [5, 5.41) is 4.29. The first-order valence-corrected chi connectivity index (χ1v) is 11.5. The molecule has 0 bridgehead atoms. The summed E-state index contributed by atoms with van der Waals surface area (Å²) >= 11 is 0. The Labute approximate surface area is 193 Å². The minimum atomic E-state index is -0.323. The number of likely N-dealkylation sites (tertiary alicyclic amines) is 1. The molecule has 2 aliphatic heterocycles. The van der Waals surface area contributed by atoms with Gasteiger partial charge in [-0.3, -0.25) is 14.3 Å². The molecule has 0 saturated carbocycles. The van der Waals surface area contributed by atoms with Crippen molar-refractivity contribution in [1.82, 2.24) is 24.5 Å². The lowest BCUT2D eigenvalue weighted by atomic mass is 9.90. The average molecular weight is 458 g/mol. The van der Waals surface area contributed by atoms with Gasteiger partial charge in [0.05, 0.1) is 11.3 Å². The van der Waals surface area contributed by atoms with E-state index in [0.717, 1.165) is 13.1 Å². The van der Waals surface area contributed by atoms with E-state index in [2.05, 4.69) is 17.0 Å². The third kappa shape index (κ3) is 5.52. The molecule has 33 heavy (non-hydrogen) atoms. The minimum Gasteiger partial charge on any atom is -0.490 e. The second kappa shape index (κ2) is 9.91. The van der Waals surface area contributed by atoms with E-state index in [1.807, 2.05) is 11.8 Å². The molecule has 0 spiro atoms. The van der Waals surface area contributed by atoms with Gasteiger partial charge in [0.2, 0.25) is 5.91 Å². The number of piperazine rings is 1.